The first-order chi connectivity index (χ1) is 8.46. The summed E-state index contributed by atoms with van der Waals surface area (Å²) < 4.78 is 9.17. The molecule has 1 aromatic carbocycles. The van der Waals surface area contributed by atoms with E-state index in [1.165, 1.54) is 25.0 Å². The van der Waals surface area contributed by atoms with Gasteiger partial charge in [0.25, 0.3) is 0 Å². The fraction of sp³-hybridized carbons (Fsp3) is 0. The molecule has 0 aromatic heterocycles. The highest BCUT2D eigenvalue weighted by atomic mass is 35.5. The molecule has 8 heteroatoms. The lowest BCUT2D eigenvalue weighted by molar-refractivity contribution is 0.290. The number of hydrogen-bond donors (Lipinski definition) is 1. The van der Waals surface area contributed by atoms with Crippen molar-refractivity contribution in [3.63, 3.8) is 0 Å². The SMILES string of the molecule is C1=COC=CO1.Oc1c(Cl)c(Cl)c(Cl)c(Cl)c1Cl. The highest BCUT2D eigenvalue weighted by Crippen LogP contribution is 2.47. The lowest BCUT2D eigenvalue weighted by Gasteiger charge is -2.06. The summed E-state index contributed by atoms with van der Waals surface area (Å²) in [6.45, 7) is 0. The van der Waals surface area contributed by atoms with E-state index in [4.69, 9.17) is 58.0 Å². The smallest absolute Gasteiger partial charge is 0.155 e. The molecule has 18 heavy (non-hydrogen) atoms. The van der Waals surface area contributed by atoms with Crippen molar-refractivity contribution < 1.29 is 14.6 Å². The predicted octanol–water partition coefficient (Wildman–Crippen LogP) is 5.63. The molecule has 0 spiro atoms. The minimum Gasteiger partial charge on any atom is -0.505 e. The van der Waals surface area contributed by atoms with Gasteiger partial charge < -0.3 is 14.6 Å². The third-order valence-corrected chi connectivity index (χ3v) is 3.87. The Bertz CT molecular complexity index is 374. The molecule has 2 rings (SSSR count). The molecule has 0 saturated carbocycles. The molecule has 0 fully saturated rings. The van der Waals surface area contributed by atoms with Gasteiger partial charge in [0.2, 0.25) is 0 Å². The Kier molecular flexibility index (Phi) is 6.26. The Hall–Kier alpha value is -0.450. The summed E-state index contributed by atoms with van der Waals surface area (Å²) in [6, 6.07) is 0. The Morgan fingerprint density at radius 2 is 0.889 bits per heavy atom. The fourth-order valence-corrected chi connectivity index (χ4v) is 1.94. The summed E-state index contributed by atoms with van der Waals surface area (Å²) in [4.78, 5) is 0. The van der Waals surface area contributed by atoms with E-state index in [0.717, 1.165) is 0 Å². The van der Waals surface area contributed by atoms with Crippen molar-refractivity contribution in [2.75, 3.05) is 0 Å². The third kappa shape index (κ3) is 3.77. The Balaban J connectivity index is 0.000000225. The zero-order chi connectivity index (χ0) is 13.7. The summed E-state index contributed by atoms with van der Waals surface area (Å²) in [5.74, 6) is -0.363. The highest BCUT2D eigenvalue weighted by molar-refractivity contribution is 6.55. The molecule has 0 bridgehead atoms. The van der Waals surface area contributed by atoms with Gasteiger partial charge in [0.05, 0.1) is 15.1 Å². The Labute approximate surface area is 128 Å². The maximum Gasteiger partial charge on any atom is 0.155 e. The van der Waals surface area contributed by atoms with E-state index in [2.05, 4.69) is 9.47 Å². The van der Waals surface area contributed by atoms with Crippen LogP contribution in [0, 0.1) is 0 Å². The van der Waals surface area contributed by atoms with Crippen molar-refractivity contribution in [1.29, 1.82) is 0 Å². The molecule has 98 valence electrons. The molecule has 0 radical (unpaired) electrons. The second-order valence-corrected chi connectivity index (χ2v) is 4.62. The van der Waals surface area contributed by atoms with Crippen LogP contribution in [0.1, 0.15) is 0 Å². The first-order valence-electron chi connectivity index (χ1n) is 4.28. The number of aromatic hydroxyl groups is 1. The number of hydrogen-bond acceptors (Lipinski definition) is 3. The van der Waals surface area contributed by atoms with E-state index < -0.39 is 0 Å². The van der Waals surface area contributed by atoms with Gasteiger partial charge in [0, 0.05) is 0 Å². The van der Waals surface area contributed by atoms with Crippen LogP contribution in [0.25, 0.3) is 0 Å². The highest BCUT2D eigenvalue weighted by Gasteiger charge is 2.18. The quantitative estimate of drug-likeness (QED) is 0.486. The fourth-order valence-electron chi connectivity index (χ4n) is 0.812. The molecule has 3 nitrogen and oxygen atoms in total. The first kappa shape index (κ1) is 15.6. The number of phenols is 1. The van der Waals surface area contributed by atoms with Gasteiger partial charge in [-0.3, -0.25) is 0 Å². The number of rotatable bonds is 0. The lowest BCUT2D eigenvalue weighted by Crippen LogP contribution is -1.78. The van der Waals surface area contributed by atoms with Crippen LogP contribution >= 0.6 is 58.0 Å². The Morgan fingerprint density at radius 1 is 0.611 bits per heavy atom. The minimum absolute atomic E-state index is 0.00904. The molecular weight excluding hydrogens is 345 g/mol. The molecule has 1 aromatic rings. The van der Waals surface area contributed by atoms with Crippen LogP contribution in [-0.2, 0) is 9.47 Å². The van der Waals surface area contributed by atoms with Gasteiger partial charge in [-0.25, -0.2) is 0 Å². The normalized spacial score (nSPS) is 12.3. The van der Waals surface area contributed by atoms with Crippen molar-refractivity contribution in [3.8, 4) is 5.75 Å². The van der Waals surface area contributed by atoms with Gasteiger partial charge in [0.1, 0.15) is 35.1 Å². The second-order valence-electron chi connectivity index (χ2n) is 2.74. The van der Waals surface area contributed by atoms with Crippen LogP contribution in [0.15, 0.2) is 25.0 Å². The number of phenolic OH excluding ortho intramolecular Hbond substituents is 1. The van der Waals surface area contributed by atoms with Gasteiger partial charge >= 0.3 is 0 Å². The zero-order valence-electron chi connectivity index (χ0n) is 8.46. The molecule has 1 heterocycles. The molecule has 1 aliphatic heterocycles. The van der Waals surface area contributed by atoms with E-state index in [9.17, 15) is 5.11 Å². The van der Waals surface area contributed by atoms with E-state index in [-0.39, 0.29) is 30.9 Å². The third-order valence-electron chi connectivity index (χ3n) is 1.61. The van der Waals surface area contributed by atoms with E-state index in [0.29, 0.717) is 0 Å². The average molecular weight is 350 g/mol. The van der Waals surface area contributed by atoms with Gasteiger partial charge in [-0.15, -0.1) is 0 Å². The van der Waals surface area contributed by atoms with Crippen LogP contribution < -0.4 is 0 Å². The van der Waals surface area contributed by atoms with E-state index in [1.807, 2.05) is 0 Å². The molecule has 0 aliphatic carbocycles. The maximum atomic E-state index is 9.20. The standard InChI is InChI=1S/C6HCl5O.C4H4O2/c7-1-2(8)4(10)6(12)5(11)3(1)9;1-2-6-4-3-5-1/h12H;1-4H. The van der Waals surface area contributed by atoms with Gasteiger partial charge in [-0.05, 0) is 0 Å². The zero-order valence-corrected chi connectivity index (χ0v) is 12.2. The van der Waals surface area contributed by atoms with E-state index >= 15 is 0 Å². The van der Waals surface area contributed by atoms with Crippen molar-refractivity contribution in [3.05, 3.63) is 50.2 Å². The topological polar surface area (TPSA) is 38.7 Å². The molecular formula is C10H5Cl5O3. The monoisotopic (exact) mass is 348 g/mol. The molecule has 1 N–H and O–H groups in total. The predicted molar refractivity (Wildman–Crippen MR) is 73.6 cm³/mol. The van der Waals surface area contributed by atoms with Gasteiger partial charge in [0.15, 0.2) is 5.75 Å². The molecule has 1 aliphatic rings. The molecule has 0 atom stereocenters. The summed E-state index contributed by atoms with van der Waals surface area (Å²) in [5.41, 5.74) is 0. The number of benzene rings is 1. The largest absolute Gasteiger partial charge is 0.505 e. The van der Waals surface area contributed by atoms with Crippen molar-refractivity contribution in [2.24, 2.45) is 0 Å². The average Bonchev–Trinajstić information content (AvgIpc) is 2.43. The van der Waals surface area contributed by atoms with Gasteiger partial charge in [-0.2, -0.15) is 0 Å². The summed E-state index contributed by atoms with van der Waals surface area (Å²) >= 11 is 27.9. The van der Waals surface area contributed by atoms with E-state index in [1.54, 1.807) is 0 Å². The lowest BCUT2D eigenvalue weighted by atomic mass is 10.3. The van der Waals surface area contributed by atoms with Crippen molar-refractivity contribution in [1.82, 2.24) is 0 Å². The summed E-state index contributed by atoms with van der Waals surface area (Å²) in [7, 11) is 0. The molecule has 0 amide bonds. The molecule has 0 unspecified atom stereocenters. The van der Waals surface area contributed by atoms with Crippen LogP contribution in [0.2, 0.25) is 25.1 Å². The van der Waals surface area contributed by atoms with Crippen LogP contribution in [0.5, 0.6) is 5.75 Å². The summed E-state index contributed by atoms with van der Waals surface area (Å²) in [5, 5.41) is 9.01. The first-order valence-corrected chi connectivity index (χ1v) is 6.17. The van der Waals surface area contributed by atoms with Crippen molar-refractivity contribution >= 4 is 58.0 Å². The number of halogens is 5. The minimum atomic E-state index is -0.363. The summed E-state index contributed by atoms with van der Waals surface area (Å²) in [6.07, 6.45) is 5.83. The maximum absolute atomic E-state index is 9.20. The van der Waals surface area contributed by atoms with Gasteiger partial charge in [-0.1, -0.05) is 58.0 Å². The van der Waals surface area contributed by atoms with Crippen LogP contribution in [0.4, 0.5) is 0 Å². The molecule has 0 saturated heterocycles. The van der Waals surface area contributed by atoms with Crippen molar-refractivity contribution in [2.45, 2.75) is 0 Å². The number of ether oxygens (including phenoxy) is 2. The van der Waals surface area contributed by atoms with Crippen LogP contribution in [0.3, 0.4) is 0 Å². The Morgan fingerprint density at radius 3 is 1.17 bits per heavy atom. The van der Waals surface area contributed by atoms with Crippen LogP contribution in [-0.4, -0.2) is 5.11 Å². The second kappa shape index (κ2) is 7.22.